The average molecular weight is 218 g/mol. The molecule has 0 saturated heterocycles. The first kappa shape index (κ1) is 10.7. The molecular weight excluding hydrogens is 204 g/mol. The third-order valence-electron chi connectivity index (χ3n) is 2.63. The van der Waals surface area contributed by atoms with Crippen molar-refractivity contribution in [3.05, 3.63) is 36.0 Å². The lowest BCUT2D eigenvalue weighted by atomic mass is 10.0. The van der Waals surface area contributed by atoms with Crippen LogP contribution in [0.1, 0.15) is 18.0 Å². The molecule has 1 heterocycles. The molecule has 1 atom stereocenters. The fraction of sp³-hybridized carbons (Fsp3) is 0.250. The quantitative estimate of drug-likeness (QED) is 0.771. The van der Waals surface area contributed by atoms with E-state index in [0.717, 1.165) is 16.5 Å². The highest BCUT2D eigenvalue weighted by molar-refractivity contribution is 5.84. The van der Waals surface area contributed by atoms with Crippen molar-refractivity contribution in [2.75, 3.05) is 7.11 Å². The van der Waals surface area contributed by atoms with Crippen molar-refractivity contribution in [2.45, 2.75) is 12.5 Å². The Hall–Kier alpha value is -1.81. The van der Waals surface area contributed by atoms with Crippen LogP contribution in [0.5, 0.6) is 0 Å². The van der Waals surface area contributed by atoms with E-state index in [1.807, 2.05) is 30.5 Å². The zero-order chi connectivity index (χ0) is 11.5. The van der Waals surface area contributed by atoms with Crippen molar-refractivity contribution in [1.82, 2.24) is 4.98 Å². The zero-order valence-electron chi connectivity index (χ0n) is 9.07. The largest absolute Gasteiger partial charge is 0.469 e. The molecule has 0 saturated carbocycles. The smallest absolute Gasteiger partial charge is 0.307 e. The molecule has 4 heteroatoms. The van der Waals surface area contributed by atoms with E-state index in [1.54, 1.807) is 0 Å². The van der Waals surface area contributed by atoms with Gasteiger partial charge in [0.2, 0.25) is 0 Å². The number of para-hydroxylation sites is 1. The van der Waals surface area contributed by atoms with Crippen LogP contribution in [0.3, 0.4) is 0 Å². The minimum absolute atomic E-state index is 0.193. The molecule has 0 bridgehead atoms. The molecule has 0 aliphatic carbocycles. The van der Waals surface area contributed by atoms with Crippen LogP contribution in [0.25, 0.3) is 10.9 Å². The molecule has 2 aromatic rings. The molecule has 2 rings (SSSR count). The maximum Gasteiger partial charge on any atom is 0.307 e. The lowest BCUT2D eigenvalue weighted by Crippen LogP contribution is -2.15. The highest BCUT2D eigenvalue weighted by atomic mass is 16.5. The Morgan fingerprint density at radius 1 is 1.50 bits per heavy atom. The minimum atomic E-state index is -0.330. The number of nitrogens with one attached hydrogen (secondary N) is 1. The third kappa shape index (κ3) is 1.92. The van der Waals surface area contributed by atoms with Crippen molar-refractivity contribution in [2.24, 2.45) is 5.73 Å². The predicted molar refractivity (Wildman–Crippen MR) is 61.9 cm³/mol. The number of methoxy groups -OCH3 is 1. The van der Waals surface area contributed by atoms with Gasteiger partial charge in [-0.3, -0.25) is 4.79 Å². The summed E-state index contributed by atoms with van der Waals surface area (Å²) >= 11 is 0. The summed E-state index contributed by atoms with van der Waals surface area (Å²) in [6.45, 7) is 0. The van der Waals surface area contributed by atoms with Gasteiger partial charge in [0.25, 0.3) is 0 Å². The second-order valence-corrected chi connectivity index (χ2v) is 3.68. The second kappa shape index (κ2) is 4.37. The number of aromatic nitrogens is 1. The lowest BCUT2D eigenvalue weighted by Gasteiger charge is -2.08. The van der Waals surface area contributed by atoms with Gasteiger partial charge in [-0.15, -0.1) is 0 Å². The molecule has 0 radical (unpaired) electrons. The molecule has 0 aliphatic rings. The van der Waals surface area contributed by atoms with Crippen LogP contribution >= 0.6 is 0 Å². The lowest BCUT2D eigenvalue weighted by molar-refractivity contribution is -0.141. The summed E-state index contributed by atoms with van der Waals surface area (Å²) in [6, 6.07) is 7.53. The second-order valence-electron chi connectivity index (χ2n) is 3.68. The number of nitrogens with two attached hydrogens (primary N) is 1. The average Bonchev–Trinajstić information content (AvgIpc) is 2.72. The van der Waals surface area contributed by atoms with Crippen molar-refractivity contribution < 1.29 is 9.53 Å². The molecule has 16 heavy (non-hydrogen) atoms. The van der Waals surface area contributed by atoms with Gasteiger partial charge in [-0.05, 0) is 11.6 Å². The fourth-order valence-corrected chi connectivity index (χ4v) is 1.77. The summed E-state index contributed by atoms with van der Waals surface area (Å²) in [5.41, 5.74) is 7.93. The predicted octanol–water partition coefficient (Wildman–Crippen LogP) is 1.73. The number of rotatable bonds is 3. The van der Waals surface area contributed by atoms with E-state index in [0.29, 0.717) is 0 Å². The van der Waals surface area contributed by atoms with E-state index < -0.39 is 0 Å². The molecule has 0 aliphatic heterocycles. The topological polar surface area (TPSA) is 68.1 Å². The van der Waals surface area contributed by atoms with E-state index in [4.69, 9.17) is 5.73 Å². The molecule has 84 valence electrons. The van der Waals surface area contributed by atoms with Gasteiger partial charge in [0, 0.05) is 23.1 Å². The van der Waals surface area contributed by atoms with E-state index in [2.05, 4.69) is 9.72 Å². The standard InChI is InChI=1S/C12H14N2O2/c1-16-12(15)6-10(13)9-7-14-11-5-3-2-4-8(9)11/h2-5,7,10,14H,6,13H2,1H3/t10-/m1/s1. The summed E-state index contributed by atoms with van der Waals surface area (Å²) in [5, 5.41) is 1.05. The van der Waals surface area contributed by atoms with E-state index in [9.17, 15) is 4.79 Å². The van der Waals surface area contributed by atoms with Crippen LogP contribution in [0.15, 0.2) is 30.5 Å². The molecule has 0 spiro atoms. The Labute approximate surface area is 93.4 Å². The van der Waals surface area contributed by atoms with Gasteiger partial charge in [-0.1, -0.05) is 18.2 Å². The van der Waals surface area contributed by atoms with Crippen molar-refractivity contribution in [1.29, 1.82) is 0 Å². The maximum absolute atomic E-state index is 11.1. The summed E-state index contributed by atoms with van der Waals surface area (Å²) in [4.78, 5) is 14.3. The van der Waals surface area contributed by atoms with Gasteiger partial charge >= 0.3 is 5.97 Å². The first-order chi connectivity index (χ1) is 7.72. The van der Waals surface area contributed by atoms with Crippen LogP contribution in [0.2, 0.25) is 0 Å². The summed E-state index contributed by atoms with van der Waals surface area (Å²) < 4.78 is 4.60. The van der Waals surface area contributed by atoms with Gasteiger partial charge in [-0.2, -0.15) is 0 Å². The Balaban J connectivity index is 2.29. The van der Waals surface area contributed by atoms with Crippen LogP contribution in [-0.2, 0) is 9.53 Å². The Bertz CT molecular complexity index is 504. The number of ether oxygens (including phenoxy) is 1. The first-order valence-electron chi connectivity index (χ1n) is 5.11. The van der Waals surface area contributed by atoms with Gasteiger partial charge in [0.1, 0.15) is 0 Å². The summed E-state index contributed by atoms with van der Waals surface area (Å²) in [6.07, 6.45) is 2.04. The van der Waals surface area contributed by atoms with Crippen LogP contribution in [0.4, 0.5) is 0 Å². The number of fused-ring (bicyclic) bond motifs is 1. The molecule has 0 amide bonds. The number of carbonyl (C=O) groups excluding carboxylic acids is 1. The number of benzene rings is 1. The highest BCUT2D eigenvalue weighted by Gasteiger charge is 2.15. The summed E-state index contributed by atoms with van der Waals surface area (Å²) in [5.74, 6) is -0.294. The molecule has 0 unspecified atom stereocenters. The van der Waals surface area contributed by atoms with Crippen LogP contribution in [-0.4, -0.2) is 18.1 Å². The number of hydrogen-bond donors (Lipinski definition) is 2. The van der Waals surface area contributed by atoms with Crippen molar-refractivity contribution >= 4 is 16.9 Å². The van der Waals surface area contributed by atoms with Gasteiger partial charge in [0.05, 0.1) is 13.5 Å². The highest BCUT2D eigenvalue weighted by Crippen LogP contribution is 2.24. The van der Waals surface area contributed by atoms with E-state index in [-0.39, 0.29) is 18.4 Å². The van der Waals surface area contributed by atoms with Crippen LogP contribution < -0.4 is 5.73 Å². The summed E-state index contributed by atoms with van der Waals surface area (Å²) in [7, 11) is 1.37. The molecule has 0 fully saturated rings. The third-order valence-corrected chi connectivity index (χ3v) is 2.63. The Kier molecular flexibility index (Phi) is 2.92. The SMILES string of the molecule is COC(=O)C[C@@H](N)c1c[nH]c2ccccc12. The molecular formula is C12H14N2O2. The number of esters is 1. The van der Waals surface area contributed by atoms with E-state index in [1.165, 1.54) is 7.11 Å². The zero-order valence-corrected chi connectivity index (χ0v) is 9.07. The van der Waals surface area contributed by atoms with Crippen molar-refractivity contribution in [3.63, 3.8) is 0 Å². The number of aromatic amines is 1. The molecule has 4 nitrogen and oxygen atoms in total. The van der Waals surface area contributed by atoms with Gasteiger partial charge in [0.15, 0.2) is 0 Å². The fourth-order valence-electron chi connectivity index (χ4n) is 1.77. The monoisotopic (exact) mass is 218 g/mol. The minimum Gasteiger partial charge on any atom is -0.469 e. The maximum atomic E-state index is 11.1. The van der Waals surface area contributed by atoms with E-state index >= 15 is 0 Å². The Morgan fingerprint density at radius 3 is 3.00 bits per heavy atom. The number of carbonyl (C=O) groups is 1. The number of hydrogen-bond acceptors (Lipinski definition) is 3. The van der Waals surface area contributed by atoms with Crippen LogP contribution in [0, 0.1) is 0 Å². The van der Waals surface area contributed by atoms with Gasteiger partial charge in [-0.25, -0.2) is 0 Å². The van der Waals surface area contributed by atoms with Gasteiger partial charge < -0.3 is 15.5 Å². The number of H-pyrrole nitrogens is 1. The normalized spacial score (nSPS) is 12.6. The molecule has 1 aromatic carbocycles. The molecule has 3 N–H and O–H groups in total. The molecule has 1 aromatic heterocycles. The first-order valence-corrected chi connectivity index (χ1v) is 5.11. The van der Waals surface area contributed by atoms with Crippen molar-refractivity contribution in [3.8, 4) is 0 Å². The Morgan fingerprint density at radius 2 is 2.25 bits per heavy atom.